The first-order valence-corrected chi connectivity index (χ1v) is 8.13. The summed E-state index contributed by atoms with van der Waals surface area (Å²) in [4.78, 5) is 14.6. The van der Waals surface area contributed by atoms with Crippen molar-refractivity contribution in [1.29, 1.82) is 0 Å². The Morgan fingerprint density at radius 1 is 1.04 bits per heavy atom. The zero-order valence-corrected chi connectivity index (χ0v) is 13.4. The molecule has 0 radical (unpaired) electrons. The van der Waals surface area contributed by atoms with E-state index in [0.29, 0.717) is 11.3 Å². The highest BCUT2D eigenvalue weighted by atomic mass is 35.5. The van der Waals surface area contributed by atoms with Crippen LogP contribution in [0.2, 0.25) is 5.02 Å². The summed E-state index contributed by atoms with van der Waals surface area (Å²) < 4.78 is 13.1. The Morgan fingerprint density at radius 2 is 1.74 bits per heavy atom. The molecule has 23 heavy (non-hydrogen) atoms. The van der Waals surface area contributed by atoms with Gasteiger partial charge in [-0.15, -0.1) is 0 Å². The van der Waals surface area contributed by atoms with Crippen molar-refractivity contribution < 1.29 is 9.18 Å². The van der Waals surface area contributed by atoms with Crippen LogP contribution in [0.1, 0.15) is 29.6 Å². The maximum absolute atomic E-state index is 13.1. The van der Waals surface area contributed by atoms with Crippen molar-refractivity contribution in [2.45, 2.75) is 19.3 Å². The second-order valence-corrected chi connectivity index (χ2v) is 6.08. The fraction of sp³-hybridized carbons (Fsp3) is 0.278. The third kappa shape index (κ3) is 3.82. The zero-order chi connectivity index (χ0) is 16.2. The van der Waals surface area contributed by atoms with Gasteiger partial charge in [-0.05, 0) is 61.7 Å². The molecule has 0 atom stereocenters. The molecule has 120 valence electrons. The molecule has 1 fully saturated rings. The van der Waals surface area contributed by atoms with Crippen molar-refractivity contribution in [3.8, 4) is 0 Å². The Labute approximate surface area is 140 Å². The molecule has 3 nitrogen and oxygen atoms in total. The number of benzene rings is 2. The number of nitrogens with zero attached hydrogens (tertiary/aromatic N) is 1. The molecule has 1 heterocycles. The molecule has 1 N–H and O–H groups in total. The third-order valence-corrected chi connectivity index (χ3v) is 4.32. The quantitative estimate of drug-likeness (QED) is 0.882. The van der Waals surface area contributed by atoms with E-state index in [9.17, 15) is 9.18 Å². The van der Waals surface area contributed by atoms with Crippen LogP contribution in [0, 0.1) is 5.82 Å². The minimum Gasteiger partial charge on any atom is -0.372 e. The van der Waals surface area contributed by atoms with Crippen LogP contribution >= 0.6 is 11.6 Å². The van der Waals surface area contributed by atoms with Gasteiger partial charge in [0.05, 0.1) is 5.02 Å². The summed E-state index contributed by atoms with van der Waals surface area (Å²) in [7, 11) is 0. The van der Waals surface area contributed by atoms with E-state index >= 15 is 0 Å². The number of piperidine rings is 1. The molecule has 2 aromatic rings. The van der Waals surface area contributed by atoms with Crippen LogP contribution in [0.3, 0.4) is 0 Å². The average molecular weight is 333 g/mol. The van der Waals surface area contributed by atoms with Crippen LogP contribution in [-0.4, -0.2) is 19.0 Å². The molecular formula is C18H18ClFN2O. The Hall–Kier alpha value is -2.07. The van der Waals surface area contributed by atoms with Gasteiger partial charge in [0.1, 0.15) is 5.82 Å². The predicted molar refractivity (Wildman–Crippen MR) is 91.9 cm³/mol. The fourth-order valence-electron chi connectivity index (χ4n) is 2.75. The number of hydrogen-bond acceptors (Lipinski definition) is 2. The number of carbonyl (C=O) groups excluding carboxylic acids is 1. The molecular weight excluding hydrogens is 315 g/mol. The van der Waals surface area contributed by atoms with Crippen molar-refractivity contribution in [3.05, 3.63) is 58.9 Å². The van der Waals surface area contributed by atoms with E-state index in [1.165, 1.54) is 37.5 Å². The molecule has 0 bridgehead atoms. The van der Waals surface area contributed by atoms with Gasteiger partial charge in [-0.25, -0.2) is 4.39 Å². The first-order chi connectivity index (χ1) is 11.1. The molecule has 0 saturated carbocycles. The molecule has 0 aromatic heterocycles. The normalized spacial score (nSPS) is 14.6. The van der Waals surface area contributed by atoms with Crippen LogP contribution in [0.4, 0.5) is 15.8 Å². The number of halogens is 2. The highest BCUT2D eigenvalue weighted by molar-refractivity contribution is 6.31. The molecule has 5 heteroatoms. The summed E-state index contributed by atoms with van der Waals surface area (Å²) in [6.45, 7) is 2.14. The lowest BCUT2D eigenvalue weighted by Crippen LogP contribution is -2.29. The van der Waals surface area contributed by atoms with Crippen LogP contribution in [-0.2, 0) is 0 Å². The molecule has 0 unspecified atom stereocenters. The number of nitrogens with one attached hydrogen (secondary N) is 1. The molecule has 1 aliphatic heterocycles. The van der Waals surface area contributed by atoms with Gasteiger partial charge in [0.15, 0.2) is 0 Å². The lowest BCUT2D eigenvalue weighted by atomic mass is 10.1. The third-order valence-electron chi connectivity index (χ3n) is 4.03. The number of carbonyl (C=O) groups is 1. The summed E-state index contributed by atoms with van der Waals surface area (Å²) in [5, 5.41) is 2.71. The first-order valence-electron chi connectivity index (χ1n) is 7.75. The van der Waals surface area contributed by atoms with E-state index in [0.717, 1.165) is 18.8 Å². The van der Waals surface area contributed by atoms with Crippen molar-refractivity contribution in [2.24, 2.45) is 0 Å². The average Bonchev–Trinajstić information content (AvgIpc) is 2.59. The van der Waals surface area contributed by atoms with E-state index in [-0.39, 0.29) is 10.9 Å². The summed E-state index contributed by atoms with van der Waals surface area (Å²) >= 11 is 5.72. The summed E-state index contributed by atoms with van der Waals surface area (Å²) in [6.07, 6.45) is 3.72. The standard InChI is InChI=1S/C18H18ClFN2O/c19-16-12-14(6-9-17(16)20)21-18(23)13-4-7-15(8-5-13)22-10-2-1-3-11-22/h4-9,12H,1-3,10-11H2,(H,21,23). The Balaban J connectivity index is 1.68. The fourth-order valence-corrected chi connectivity index (χ4v) is 2.93. The predicted octanol–water partition coefficient (Wildman–Crippen LogP) is 4.72. The Morgan fingerprint density at radius 3 is 2.39 bits per heavy atom. The SMILES string of the molecule is O=C(Nc1ccc(F)c(Cl)c1)c1ccc(N2CCCCC2)cc1. The van der Waals surface area contributed by atoms with Gasteiger partial charge in [-0.3, -0.25) is 4.79 Å². The summed E-state index contributed by atoms with van der Waals surface area (Å²) in [6, 6.07) is 11.7. The van der Waals surface area contributed by atoms with Crippen LogP contribution < -0.4 is 10.2 Å². The Bertz CT molecular complexity index is 697. The van der Waals surface area contributed by atoms with Crippen molar-refractivity contribution in [2.75, 3.05) is 23.3 Å². The molecule has 0 spiro atoms. The lowest BCUT2D eigenvalue weighted by molar-refractivity contribution is 0.102. The van der Waals surface area contributed by atoms with Crippen LogP contribution in [0.25, 0.3) is 0 Å². The van der Waals surface area contributed by atoms with Gasteiger partial charge in [0.25, 0.3) is 5.91 Å². The molecule has 0 aliphatic carbocycles. The largest absolute Gasteiger partial charge is 0.372 e. The van der Waals surface area contributed by atoms with E-state index in [1.54, 1.807) is 0 Å². The Kier molecular flexibility index (Phi) is 4.82. The van der Waals surface area contributed by atoms with Crippen molar-refractivity contribution >= 4 is 28.9 Å². The summed E-state index contributed by atoms with van der Waals surface area (Å²) in [5.74, 6) is -0.742. The zero-order valence-electron chi connectivity index (χ0n) is 12.7. The molecule has 2 aromatic carbocycles. The number of rotatable bonds is 3. The topological polar surface area (TPSA) is 32.3 Å². The van der Waals surface area contributed by atoms with E-state index < -0.39 is 5.82 Å². The van der Waals surface area contributed by atoms with Gasteiger partial charge in [-0.1, -0.05) is 11.6 Å². The molecule has 1 amide bonds. The molecule has 3 rings (SSSR count). The number of amides is 1. The van der Waals surface area contributed by atoms with Crippen LogP contribution in [0.5, 0.6) is 0 Å². The monoisotopic (exact) mass is 332 g/mol. The van der Waals surface area contributed by atoms with E-state index in [2.05, 4.69) is 10.2 Å². The number of anilines is 2. The molecule has 1 saturated heterocycles. The maximum atomic E-state index is 13.1. The second kappa shape index (κ2) is 7.01. The lowest BCUT2D eigenvalue weighted by Gasteiger charge is -2.28. The van der Waals surface area contributed by atoms with Gasteiger partial charge in [0, 0.05) is 30.0 Å². The van der Waals surface area contributed by atoms with Crippen molar-refractivity contribution in [1.82, 2.24) is 0 Å². The van der Waals surface area contributed by atoms with Crippen molar-refractivity contribution in [3.63, 3.8) is 0 Å². The smallest absolute Gasteiger partial charge is 0.255 e. The molecule has 1 aliphatic rings. The van der Waals surface area contributed by atoms with Crippen LogP contribution in [0.15, 0.2) is 42.5 Å². The highest BCUT2D eigenvalue weighted by Crippen LogP contribution is 2.22. The number of hydrogen-bond donors (Lipinski definition) is 1. The highest BCUT2D eigenvalue weighted by Gasteiger charge is 2.12. The van der Waals surface area contributed by atoms with Gasteiger partial charge < -0.3 is 10.2 Å². The first kappa shape index (κ1) is 15.8. The van der Waals surface area contributed by atoms with Gasteiger partial charge >= 0.3 is 0 Å². The van der Waals surface area contributed by atoms with E-state index in [4.69, 9.17) is 11.6 Å². The van der Waals surface area contributed by atoms with Gasteiger partial charge in [-0.2, -0.15) is 0 Å². The minimum atomic E-state index is -0.504. The second-order valence-electron chi connectivity index (χ2n) is 5.68. The summed E-state index contributed by atoms with van der Waals surface area (Å²) in [5.41, 5.74) is 2.18. The maximum Gasteiger partial charge on any atom is 0.255 e. The van der Waals surface area contributed by atoms with E-state index in [1.807, 2.05) is 24.3 Å². The minimum absolute atomic E-state index is 0.0109. The van der Waals surface area contributed by atoms with Gasteiger partial charge in [0.2, 0.25) is 0 Å².